The molecule has 0 saturated heterocycles. The SMILES string of the molecule is CC1CCCC(CN)(N(C)CC2Cc3ccccc3O2)C1. The highest BCUT2D eigenvalue weighted by Gasteiger charge is 2.39. The van der Waals surface area contributed by atoms with Gasteiger partial charge in [0.05, 0.1) is 0 Å². The van der Waals surface area contributed by atoms with Crippen molar-refractivity contribution < 1.29 is 4.74 Å². The second kappa shape index (κ2) is 5.98. The van der Waals surface area contributed by atoms with Crippen LogP contribution in [0.15, 0.2) is 24.3 Å². The summed E-state index contributed by atoms with van der Waals surface area (Å²) in [5.74, 6) is 1.85. The third-order valence-electron chi connectivity index (χ3n) is 5.45. The van der Waals surface area contributed by atoms with Crippen LogP contribution < -0.4 is 10.5 Å². The van der Waals surface area contributed by atoms with Crippen LogP contribution in [0.4, 0.5) is 0 Å². The van der Waals surface area contributed by atoms with Crippen LogP contribution in [0.3, 0.4) is 0 Å². The minimum atomic E-state index is 0.176. The molecule has 0 aromatic heterocycles. The number of benzene rings is 1. The molecule has 1 aliphatic heterocycles. The molecule has 1 aliphatic carbocycles. The molecule has 3 rings (SSSR count). The lowest BCUT2D eigenvalue weighted by Gasteiger charge is -2.46. The molecule has 0 spiro atoms. The Morgan fingerprint density at radius 1 is 1.38 bits per heavy atom. The highest BCUT2D eigenvalue weighted by molar-refractivity contribution is 5.37. The van der Waals surface area contributed by atoms with Gasteiger partial charge in [-0.25, -0.2) is 0 Å². The molecule has 0 bridgehead atoms. The van der Waals surface area contributed by atoms with Crippen LogP contribution in [0.2, 0.25) is 0 Å². The number of para-hydroxylation sites is 1. The average molecular weight is 288 g/mol. The van der Waals surface area contributed by atoms with E-state index in [-0.39, 0.29) is 11.6 Å². The first-order valence-electron chi connectivity index (χ1n) is 8.29. The molecular weight excluding hydrogens is 260 g/mol. The van der Waals surface area contributed by atoms with Gasteiger partial charge in [0.25, 0.3) is 0 Å². The first kappa shape index (κ1) is 14.9. The van der Waals surface area contributed by atoms with Crippen molar-refractivity contribution in [3.05, 3.63) is 29.8 Å². The molecule has 116 valence electrons. The van der Waals surface area contributed by atoms with Crippen LogP contribution in [-0.2, 0) is 6.42 Å². The molecule has 1 fully saturated rings. The average Bonchev–Trinajstić information content (AvgIpc) is 2.89. The van der Waals surface area contributed by atoms with Crippen LogP contribution in [-0.4, -0.2) is 36.7 Å². The summed E-state index contributed by atoms with van der Waals surface area (Å²) in [6, 6.07) is 8.40. The molecule has 3 unspecified atom stereocenters. The molecule has 1 aromatic rings. The summed E-state index contributed by atoms with van der Waals surface area (Å²) in [6.07, 6.45) is 6.39. The van der Waals surface area contributed by atoms with Crippen molar-refractivity contribution in [1.82, 2.24) is 4.90 Å². The van der Waals surface area contributed by atoms with Crippen LogP contribution in [0.1, 0.15) is 38.2 Å². The van der Waals surface area contributed by atoms with Gasteiger partial charge in [-0.15, -0.1) is 0 Å². The Morgan fingerprint density at radius 3 is 2.90 bits per heavy atom. The zero-order valence-corrected chi connectivity index (χ0v) is 13.3. The Kier molecular flexibility index (Phi) is 4.23. The number of rotatable bonds is 4. The maximum absolute atomic E-state index is 6.18. The van der Waals surface area contributed by atoms with E-state index in [0.29, 0.717) is 0 Å². The van der Waals surface area contributed by atoms with Crippen molar-refractivity contribution >= 4 is 0 Å². The molecule has 0 amide bonds. The van der Waals surface area contributed by atoms with E-state index < -0.39 is 0 Å². The van der Waals surface area contributed by atoms with Gasteiger partial charge in [0.15, 0.2) is 0 Å². The Morgan fingerprint density at radius 2 is 2.19 bits per heavy atom. The summed E-state index contributed by atoms with van der Waals surface area (Å²) in [5, 5.41) is 0. The van der Waals surface area contributed by atoms with Crippen LogP contribution in [0.25, 0.3) is 0 Å². The third kappa shape index (κ3) is 2.95. The van der Waals surface area contributed by atoms with E-state index in [2.05, 4.69) is 43.1 Å². The minimum Gasteiger partial charge on any atom is -0.488 e. The zero-order valence-electron chi connectivity index (χ0n) is 13.3. The van der Waals surface area contributed by atoms with Gasteiger partial charge in [0.1, 0.15) is 11.9 Å². The predicted octanol–water partition coefficient (Wildman–Crippen LogP) is 2.83. The maximum Gasteiger partial charge on any atom is 0.123 e. The number of fused-ring (bicyclic) bond motifs is 1. The van der Waals surface area contributed by atoms with Gasteiger partial charge in [0.2, 0.25) is 0 Å². The Hall–Kier alpha value is -1.06. The molecule has 3 atom stereocenters. The lowest BCUT2D eigenvalue weighted by atomic mass is 9.75. The van der Waals surface area contributed by atoms with Gasteiger partial charge in [-0.05, 0) is 37.4 Å². The number of likely N-dealkylation sites (N-methyl/N-ethyl adjacent to an activating group) is 1. The Labute approximate surface area is 128 Å². The summed E-state index contributed by atoms with van der Waals surface area (Å²) in [7, 11) is 2.23. The first-order chi connectivity index (χ1) is 10.1. The highest BCUT2D eigenvalue weighted by Crippen LogP contribution is 2.36. The van der Waals surface area contributed by atoms with E-state index in [9.17, 15) is 0 Å². The number of hydrogen-bond donors (Lipinski definition) is 1. The van der Waals surface area contributed by atoms with Crippen molar-refractivity contribution in [2.75, 3.05) is 20.1 Å². The van der Waals surface area contributed by atoms with Gasteiger partial charge >= 0.3 is 0 Å². The number of hydrogen-bond acceptors (Lipinski definition) is 3. The van der Waals surface area contributed by atoms with E-state index >= 15 is 0 Å². The lowest BCUT2D eigenvalue weighted by Crippen LogP contribution is -2.56. The van der Waals surface area contributed by atoms with Gasteiger partial charge in [-0.1, -0.05) is 38.0 Å². The van der Waals surface area contributed by atoms with Crippen molar-refractivity contribution in [3.63, 3.8) is 0 Å². The van der Waals surface area contributed by atoms with E-state index in [4.69, 9.17) is 10.5 Å². The van der Waals surface area contributed by atoms with Crippen molar-refractivity contribution in [1.29, 1.82) is 0 Å². The topological polar surface area (TPSA) is 38.5 Å². The van der Waals surface area contributed by atoms with Crippen LogP contribution >= 0.6 is 0 Å². The van der Waals surface area contributed by atoms with Crippen LogP contribution in [0, 0.1) is 5.92 Å². The second-order valence-electron chi connectivity index (χ2n) is 7.06. The molecule has 1 aromatic carbocycles. The fourth-order valence-corrected chi connectivity index (χ4v) is 4.18. The fraction of sp³-hybridized carbons (Fsp3) is 0.667. The van der Waals surface area contributed by atoms with E-state index in [1.165, 1.54) is 31.2 Å². The monoisotopic (exact) mass is 288 g/mol. The molecular formula is C18H28N2O. The minimum absolute atomic E-state index is 0.176. The number of ether oxygens (including phenoxy) is 1. The molecule has 21 heavy (non-hydrogen) atoms. The van der Waals surface area contributed by atoms with Gasteiger partial charge in [-0.2, -0.15) is 0 Å². The molecule has 2 N–H and O–H groups in total. The second-order valence-corrected chi connectivity index (χ2v) is 7.06. The molecule has 3 heteroatoms. The summed E-state index contributed by atoms with van der Waals surface area (Å²) < 4.78 is 6.10. The maximum atomic E-state index is 6.18. The summed E-state index contributed by atoms with van der Waals surface area (Å²) in [6.45, 7) is 4.09. The summed E-state index contributed by atoms with van der Waals surface area (Å²) >= 11 is 0. The molecule has 1 saturated carbocycles. The predicted molar refractivity (Wildman–Crippen MR) is 86.6 cm³/mol. The lowest BCUT2D eigenvalue weighted by molar-refractivity contribution is 0.0339. The molecule has 1 heterocycles. The van der Waals surface area contributed by atoms with E-state index in [1.807, 2.05) is 0 Å². The van der Waals surface area contributed by atoms with E-state index in [0.717, 1.165) is 31.2 Å². The van der Waals surface area contributed by atoms with E-state index in [1.54, 1.807) is 0 Å². The van der Waals surface area contributed by atoms with Crippen molar-refractivity contribution in [2.24, 2.45) is 11.7 Å². The van der Waals surface area contributed by atoms with Crippen molar-refractivity contribution in [3.8, 4) is 5.75 Å². The standard InChI is InChI=1S/C18H28N2O/c1-14-6-5-9-18(11-14,13-19)20(2)12-16-10-15-7-3-4-8-17(15)21-16/h3-4,7-8,14,16H,5-6,9-13,19H2,1-2H3. The smallest absolute Gasteiger partial charge is 0.123 e. The molecule has 0 radical (unpaired) electrons. The molecule has 2 aliphatic rings. The van der Waals surface area contributed by atoms with Crippen molar-refractivity contribution in [2.45, 2.75) is 50.7 Å². The van der Waals surface area contributed by atoms with Gasteiger partial charge in [0, 0.05) is 25.0 Å². The Bertz CT molecular complexity index is 465. The summed E-state index contributed by atoms with van der Waals surface area (Å²) in [4.78, 5) is 2.49. The molecule has 3 nitrogen and oxygen atoms in total. The zero-order chi connectivity index (χ0) is 14.9. The van der Waals surface area contributed by atoms with Gasteiger partial charge in [-0.3, -0.25) is 4.90 Å². The van der Waals surface area contributed by atoms with Crippen LogP contribution in [0.5, 0.6) is 5.75 Å². The largest absolute Gasteiger partial charge is 0.488 e. The highest BCUT2D eigenvalue weighted by atomic mass is 16.5. The fourth-order valence-electron chi connectivity index (χ4n) is 4.18. The first-order valence-corrected chi connectivity index (χ1v) is 8.29. The quantitative estimate of drug-likeness (QED) is 0.926. The summed E-state index contributed by atoms with van der Waals surface area (Å²) in [5.41, 5.74) is 7.70. The number of nitrogens with zero attached hydrogens (tertiary/aromatic N) is 1. The third-order valence-corrected chi connectivity index (χ3v) is 5.45. The van der Waals surface area contributed by atoms with Gasteiger partial charge < -0.3 is 10.5 Å². The Balaban J connectivity index is 1.65. The normalized spacial score (nSPS) is 32.0. The number of nitrogens with two attached hydrogens (primary N) is 1.